The number of rotatable bonds is 4. The van der Waals surface area contributed by atoms with Gasteiger partial charge in [-0.05, 0) is 19.3 Å². The topological polar surface area (TPSA) is 20.3 Å². The van der Waals surface area contributed by atoms with Gasteiger partial charge in [0.25, 0.3) is 0 Å². The summed E-state index contributed by atoms with van der Waals surface area (Å²) in [5.74, 6) is 0. The molecule has 1 rings (SSSR count). The van der Waals surface area contributed by atoms with Crippen LogP contribution in [0.1, 0.15) is 39.0 Å². The predicted molar refractivity (Wildman–Crippen MR) is 45.3 cm³/mol. The molecule has 0 aromatic carbocycles. The number of hydrogen-bond acceptors (Lipinski definition) is 1. The summed E-state index contributed by atoms with van der Waals surface area (Å²) in [5.41, 5.74) is 0. The number of nitrogens with zero attached hydrogens (tertiary/aromatic N) is 1. The van der Waals surface area contributed by atoms with E-state index >= 15 is 0 Å². The quantitative estimate of drug-likeness (QED) is 0.567. The number of unbranched alkanes of at least 4 members (excludes halogenated alkanes) is 1. The van der Waals surface area contributed by atoms with Crippen LogP contribution in [0.25, 0.3) is 0 Å². The minimum atomic E-state index is 0.562. The van der Waals surface area contributed by atoms with Crippen molar-refractivity contribution in [2.45, 2.75) is 45.1 Å². The van der Waals surface area contributed by atoms with Crippen LogP contribution in [0.3, 0.4) is 0 Å². The molecule has 1 heterocycles. The Hall–Kier alpha value is -0.530. The van der Waals surface area contributed by atoms with E-state index in [0.29, 0.717) is 6.04 Å². The molecule has 1 aliphatic rings. The second kappa shape index (κ2) is 4.37. The summed E-state index contributed by atoms with van der Waals surface area (Å²) in [6.45, 7) is 3.18. The highest BCUT2D eigenvalue weighted by Gasteiger charge is 2.21. The molecule has 0 aromatic heterocycles. The molecule has 1 fully saturated rings. The highest BCUT2D eigenvalue weighted by molar-refractivity contribution is 5.48. The maximum Gasteiger partial charge on any atom is 0.209 e. The zero-order valence-corrected chi connectivity index (χ0v) is 7.25. The molecule has 2 nitrogen and oxygen atoms in total. The molecule has 0 bridgehead atoms. The van der Waals surface area contributed by atoms with Gasteiger partial charge in [-0.25, -0.2) is 0 Å². The van der Waals surface area contributed by atoms with Crippen molar-refractivity contribution >= 4 is 6.41 Å². The second-order valence-corrected chi connectivity index (χ2v) is 3.28. The summed E-state index contributed by atoms with van der Waals surface area (Å²) in [6, 6.07) is 0.562. The zero-order chi connectivity index (χ0) is 8.10. The lowest BCUT2D eigenvalue weighted by molar-refractivity contribution is -0.118. The van der Waals surface area contributed by atoms with Crippen molar-refractivity contribution in [2.75, 3.05) is 6.54 Å². The summed E-state index contributed by atoms with van der Waals surface area (Å²) in [6.07, 6.45) is 7.13. The third-order valence-corrected chi connectivity index (χ3v) is 2.45. The van der Waals surface area contributed by atoms with E-state index in [0.717, 1.165) is 13.0 Å². The van der Waals surface area contributed by atoms with E-state index in [4.69, 9.17) is 0 Å². The first-order valence-corrected chi connectivity index (χ1v) is 4.59. The molecular formula is C9H17NO. The van der Waals surface area contributed by atoms with Crippen LogP contribution < -0.4 is 0 Å². The van der Waals surface area contributed by atoms with E-state index in [1.165, 1.54) is 32.1 Å². The smallest absolute Gasteiger partial charge is 0.209 e. The molecule has 1 atom stereocenters. The van der Waals surface area contributed by atoms with Gasteiger partial charge in [-0.2, -0.15) is 0 Å². The van der Waals surface area contributed by atoms with Gasteiger partial charge >= 0.3 is 0 Å². The van der Waals surface area contributed by atoms with Crippen molar-refractivity contribution in [3.05, 3.63) is 0 Å². The van der Waals surface area contributed by atoms with Crippen molar-refractivity contribution < 1.29 is 4.79 Å². The normalized spacial score (nSPS) is 24.1. The first-order valence-electron chi connectivity index (χ1n) is 4.59. The monoisotopic (exact) mass is 155 g/mol. The fraction of sp³-hybridized carbons (Fsp3) is 0.889. The Morgan fingerprint density at radius 2 is 2.45 bits per heavy atom. The fourth-order valence-electron chi connectivity index (χ4n) is 1.75. The molecular weight excluding hydrogens is 138 g/mol. The molecule has 1 aliphatic heterocycles. The van der Waals surface area contributed by atoms with Crippen molar-refractivity contribution in [3.63, 3.8) is 0 Å². The Bertz CT molecular complexity index is 125. The van der Waals surface area contributed by atoms with Gasteiger partial charge in [0.15, 0.2) is 0 Å². The molecule has 1 amide bonds. The summed E-state index contributed by atoms with van der Waals surface area (Å²) in [7, 11) is 0. The van der Waals surface area contributed by atoms with E-state index in [1.54, 1.807) is 0 Å². The van der Waals surface area contributed by atoms with Crippen LogP contribution >= 0.6 is 0 Å². The third-order valence-electron chi connectivity index (χ3n) is 2.45. The lowest BCUT2D eigenvalue weighted by Gasteiger charge is -2.18. The van der Waals surface area contributed by atoms with Crippen LogP contribution in [-0.4, -0.2) is 23.9 Å². The minimum Gasteiger partial charge on any atom is -0.342 e. The van der Waals surface area contributed by atoms with E-state index < -0.39 is 0 Å². The first-order chi connectivity index (χ1) is 5.38. The number of amides is 1. The maximum atomic E-state index is 10.5. The Morgan fingerprint density at radius 1 is 1.64 bits per heavy atom. The molecule has 0 saturated carbocycles. The molecule has 64 valence electrons. The number of carbonyl (C=O) groups excluding carboxylic acids is 1. The SMILES string of the molecule is CCCCC1CCCN1C=O. The highest BCUT2D eigenvalue weighted by Crippen LogP contribution is 2.19. The average molecular weight is 155 g/mol. The summed E-state index contributed by atoms with van der Waals surface area (Å²) in [4.78, 5) is 12.5. The molecule has 0 spiro atoms. The van der Waals surface area contributed by atoms with Crippen molar-refractivity contribution in [1.29, 1.82) is 0 Å². The van der Waals surface area contributed by atoms with Crippen LogP contribution in [0.2, 0.25) is 0 Å². The summed E-state index contributed by atoms with van der Waals surface area (Å²) >= 11 is 0. The van der Waals surface area contributed by atoms with Crippen LogP contribution in [0, 0.1) is 0 Å². The van der Waals surface area contributed by atoms with Gasteiger partial charge in [0.05, 0.1) is 0 Å². The number of likely N-dealkylation sites (tertiary alicyclic amines) is 1. The molecule has 1 unspecified atom stereocenters. The van der Waals surface area contributed by atoms with Gasteiger partial charge in [-0.1, -0.05) is 19.8 Å². The first kappa shape index (κ1) is 8.57. The summed E-state index contributed by atoms with van der Waals surface area (Å²) in [5, 5.41) is 0. The van der Waals surface area contributed by atoms with E-state index in [-0.39, 0.29) is 0 Å². The van der Waals surface area contributed by atoms with Gasteiger partial charge in [-0.3, -0.25) is 4.79 Å². The fourth-order valence-corrected chi connectivity index (χ4v) is 1.75. The van der Waals surface area contributed by atoms with Crippen LogP contribution in [0.5, 0.6) is 0 Å². The van der Waals surface area contributed by atoms with Crippen molar-refractivity contribution in [3.8, 4) is 0 Å². The van der Waals surface area contributed by atoms with Gasteiger partial charge in [0, 0.05) is 12.6 Å². The molecule has 11 heavy (non-hydrogen) atoms. The lowest BCUT2D eigenvalue weighted by atomic mass is 10.1. The van der Waals surface area contributed by atoms with Crippen molar-refractivity contribution in [1.82, 2.24) is 4.90 Å². The van der Waals surface area contributed by atoms with Crippen molar-refractivity contribution in [2.24, 2.45) is 0 Å². The minimum absolute atomic E-state index is 0.562. The largest absolute Gasteiger partial charge is 0.342 e. The van der Waals surface area contributed by atoms with E-state index in [9.17, 15) is 4.79 Å². The summed E-state index contributed by atoms with van der Waals surface area (Å²) < 4.78 is 0. The zero-order valence-electron chi connectivity index (χ0n) is 7.25. The molecule has 1 saturated heterocycles. The highest BCUT2D eigenvalue weighted by atomic mass is 16.1. The van der Waals surface area contributed by atoms with E-state index in [2.05, 4.69) is 6.92 Å². The van der Waals surface area contributed by atoms with Crippen LogP contribution in [0.15, 0.2) is 0 Å². The predicted octanol–water partition coefficient (Wildman–Crippen LogP) is 1.80. The van der Waals surface area contributed by atoms with Crippen LogP contribution in [0.4, 0.5) is 0 Å². The molecule has 0 aromatic rings. The molecule has 0 aliphatic carbocycles. The third kappa shape index (κ3) is 2.21. The standard InChI is InChI=1S/C9H17NO/c1-2-3-5-9-6-4-7-10(9)8-11/h8-9H,2-7H2,1H3. The lowest BCUT2D eigenvalue weighted by Crippen LogP contribution is -2.27. The van der Waals surface area contributed by atoms with E-state index in [1.807, 2.05) is 4.90 Å². The Labute approximate surface area is 68.6 Å². The Balaban J connectivity index is 2.25. The Kier molecular flexibility index (Phi) is 3.40. The van der Waals surface area contributed by atoms with Gasteiger partial charge in [0.2, 0.25) is 6.41 Å². The molecule has 2 heteroatoms. The molecule has 0 radical (unpaired) electrons. The van der Waals surface area contributed by atoms with Gasteiger partial charge in [0.1, 0.15) is 0 Å². The van der Waals surface area contributed by atoms with Gasteiger partial charge in [-0.15, -0.1) is 0 Å². The number of hydrogen-bond donors (Lipinski definition) is 0. The number of carbonyl (C=O) groups is 1. The van der Waals surface area contributed by atoms with Crippen LogP contribution in [-0.2, 0) is 4.79 Å². The second-order valence-electron chi connectivity index (χ2n) is 3.28. The average Bonchev–Trinajstić information content (AvgIpc) is 2.47. The maximum absolute atomic E-state index is 10.5. The van der Waals surface area contributed by atoms with Gasteiger partial charge < -0.3 is 4.90 Å². The Morgan fingerprint density at radius 3 is 3.09 bits per heavy atom. The molecule has 0 N–H and O–H groups in total.